The number of benzene rings is 1. The summed E-state index contributed by atoms with van der Waals surface area (Å²) in [5, 5.41) is -0.0595. The Morgan fingerprint density at radius 3 is 2.44 bits per heavy atom. The maximum atomic E-state index is 12.3. The normalized spacial score (nSPS) is 15.4. The van der Waals surface area contributed by atoms with Crippen molar-refractivity contribution in [2.45, 2.75) is 32.4 Å². The fourth-order valence-corrected chi connectivity index (χ4v) is 3.37. The molecule has 1 rings (SSSR count). The van der Waals surface area contributed by atoms with E-state index in [0.29, 0.717) is 12.0 Å². The van der Waals surface area contributed by atoms with E-state index in [2.05, 4.69) is 0 Å². The molecule has 102 valence electrons. The lowest BCUT2D eigenvalue weighted by atomic mass is 10.1. The summed E-state index contributed by atoms with van der Waals surface area (Å²) in [4.78, 5) is 9.64. The van der Waals surface area contributed by atoms with Gasteiger partial charge in [-0.05, 0) is 24.5 Å². The van der Waals surface area contributed by atoms with Crippen LogP contribution in [-0.4, -0.2) is 17.2 Å². The number of unbranched alkanes of at least 4 members (excludes halogenated alkanes) is 1. The van der Waals surface area contributed by atoms with E-state index < -0.39 is 19.7 Å². The summed E-state index contributed by atoms with van der Waals surface area (Å²) in [5.41, 5.74) is 0.537. The Hall–Kier alpha value is -0.800. The molecule has 0 spiro atoms. The standard InChI is InChI=1S/C12H16F3O2P/c1-2-3-6-10-7-4-5-8-11(10)18(16,17)9-12(13,14)15/h4-5,7-8H,2-3,6,9H2,1H3,(H,16,17). The summed E-state index contributed by atoms with van der Waals surface area (Å²) in [6.07, 6.45) is -4.12. The lowest BCUT2D eigenvalue weighted by Crippen LogP contribution is -2.21. The van der Waals surface area contributed by atoms with E-state index in [1.165, 1.54) is 12.1 Å². The Bertz CT molecular complexity index is 443. The van der Waals surface area contributed by atoms with Crippen LogP contribution in [0.5, 0.6) is 0 Å². The Labute approximate surface area is 104 Å². The van der Waals surface area contributed by atoms with Gasteiger partial charge >= 0.3 is 6.18 Å². The van der Waals surface area contributed by atoms with Crippen LogP contribution in [0.15, 0.2) is 24.3 Å². The molecule has 0 saturated carbocycles. The minimum Gasteiger partial charge on any atom is -0.341 e. The van der Waals surface area contributed by atoms with Crippen LogP contribution in [0.25, 0.3) is 0 Å². The highest BCUT2D eigenvalue weighted by Crippen LogP contribution is 2.45. The van der Waals surface area contributed by atoms with Gasteiger partial charge in [-0.3, -0.25) is 4.57 Å². The zero-order valence-electron chi connectivity index (χ0n) is 10.1. The van der Waals surface area contributed by atoms with Crippen LogP contribution in [0.1, 0.15) is 25.3 Å². The molecule has 0 radical (unpaired) electrons. The highest BCUT2D eigenvalue weighted by molar-refractivity contribution is 7.66. The van der Waals surface area contributed by atoms with E-state index in [1.54, 1.807) is 12.1 Å². The van der Waals surface area contributed by atoms with E-state index in [-0.39, 0.29) is 5.30 Å². The van der Waals surface area contributed by atoms with E-state index in [9.17, 15) is 22.6 Å². The number of rotatable bonds is 5. The first-order valence-corrected chi connectivity index (χ1v) is 7.58. The minimum atomic E-state index is -4.64. The van der Waals surface area contributed by atoms with Gasteiger partial charge in [0.1, 0.15) is 6.16 Å². The van der Waals surface area contributed by atoms with Gasteiger partial charge in [0, 0.05) is 5.30 Å². The zero-order valence-corrected chi connectivity index (χ0v) is 11.0. The molecule has 1 atom stereocenters. The zero-order chi connectivity index (χ0) is 13.8. The first-order valence-electron chi connectivity index (χ1n) is 5.73. The maximum absolute atomic E-state index is 12.3. The Balaban J connectivity index is 3.04. The molecule has 0 bridgehead atoms. The largest absolute Gasteiger partial charge is 0.398 e. The number of hydrogen-bond donors (Lipinski definition) is 1. The monoisotopic (exact) mass is 280 g/mol. The van der Waals surface area contributed by atoms with Gasteiger partial charge in [0.15, 0.2) is 0 Å². The number of hydrogen-bond acceptors (Lipinski definition) is 1. The molecule has 0 aromatic heterocycles. The van der Waals surface area contributed by atoms with Crippen LogP contribution in [0.2, 0.25) is 0 Å². The molecule has 1 unspecified atom stereocenters. The van der Waals surface area contributed by atoms with E-state index >= 15 is 0 Å². The van der Waals surface area contributed by atoms with Gasteiger partial charge in [-0.1, -0.05) is 31.5 Å². The first-order chi connectivity index (χ1) is 8.26. The molecule has 18 heavy (non-hydrogen) atoms. The number of halogens is 3. The van der Waals surface area contributed by atoms with Gasteiger partial charge in [-0.2, -0.15) is 13.2 Å². The van der Waals surface area contributed by atoms with Crippen LogP contribution >= 0.6 is 7.37 Å². The molecular formula is C12H16F3O2P. The second kappa shape index (κ2) is 5.89. The molecular weight excluding hydrogens is 264 g/mol. The fraction of sp³-hybridized carbons (Fsp3) is 0.500. The van der Waals surface area contributed by atoms with E-state index in [4.69, 9.17) is 0 Å². The Morgan fingerprint density at radius 2 is 1.89 bits per heavy atom. The van der Waals surface area contributed by atoms with Crippen molar-refractivity contribution < 1.29 is 22.6 Å². The summed E-state index contributed by atoms with van der Waals surface area (Å²) >= 11 is 0. The molecule has 0 aliphatic rings. The molecule has 6 heteroatoms. The van der Waals surface area contributed by atoms with Crippen molar-refractivity contribution in [3.63, 3.8) is 0 Å². The third kappa shape index (κ3) is 4.46. The predicted octanol–water partition coefficient (Wildman–Crippen LogP) is 3.49. The van der Waals surface area contributed by atoms with Crippen molar-refractivity contribution in [1.82, 2.24) is 0 Å². The fourth-order valence-electron chi connectivity index (χ4n) is 1.76. The number of alkyl halides is 3. The molecule has 0 aliphatic carbocycles. The molecule has 1 aromatic rings. The molecule has 0 heterocycles. The van der Waals surface area contributed by atoms with Crippen LogP contribution < -0.4 is 5.30 Å². The van der Waals surface area contributed by atoms with Gasteiger partial charge < -0.3 is 4.89 Å². The van der Waals surface area contributed by atoms with E-state index in [1.807, 2.05) is 6.92 Å². The Kier molecular flexibility index (Phi) is 5.00. The Morgan fingerprint density at radius 1 is 1.28 bits per heavy atom. The van der Waals surface area contributed by atoms with Crippen LogP contribution in [-0.2, 0) is 11.0 Å². The predicted molar refractivity (Wildman–Crippen MR) is 65.4 cm³/mol. The van der Waals surface area contributed by atoms with Crippen molar-refractivity contribution in [2.75, 3.05) is 6.16 Å². The van der Waals surface area contributed by atoms with Crippen LogP contribution in [0, 0.1) is 0 Å². The van der Waals surface area contributed by atoms with Crippen LogP contribution in [0.4, 0.5) is 13.2 Å². The summed E-state index contributed by atoms with van der Waals surface area (Å²) in [5.74, 6) is 0. The van der Waals surface area contributed by atoms with Gasteiger partial charge in [0.05, 0.1) is 0 Å². The molecule has 0 amide bonds. The van der Waals surface area contributed by atoms with Gasteiger partial charge in [-0.15, -0.1) is 0 Å². The van der Waals surface area contributed by atoms with Gasteiger partial charge in [0.25, 0.3) is 0 Å². The summed E-state index contributed by atoms with van der Waals surface area (Å²) in [7, 11) is -4.37. The molecule has 0 aliphatic heterocycles. The third-order valence-electron chi connectivity index (χ3n) is 2.56. The third-order valence-corrected chi connectivity index (χ3v) is 4.54. The second-order valence-corrected chi connectivity index (χ2v) is 6.41. The lowest BCUT2D eigenvalue weighted by molar-refractivity contribution is -0.107. The lowest BCUT2D eigenvalue weighted by Gasteiger charge is -2.17. The molecule has 0 fully saturated rings. The highest BCUT2D eigenvalue weighted by Gasteiger charge is 2.39. The SMILES string of the molecule is CCCCc1ccccc1P(=O)(O)CC(F)(F)F. The molecule has 0 saturated heterocycles. The summed E-state index contributed by atoms with van der Waals surface area (Å²) in [6, 6.07) is 6.09. The average molecular weight is 280 g/mol. The highest BCUT2D eigenvalue weighted by atomic mass is 31.2. The molecule has 1 N–H and O–H groups in total. The van der Waals surface area contributed by atoms with E-state index in [0.717, 1.165) is 12.8 Å². The summed E-state index contributed by atoms with van der Waals surface area (Å²) in [6.45, 7) is 1.96. The number of aryl methyl sites for hydroxylation is 1. The van der Waals surface area contributed by atoms with Crippen molar-refractivity contribution >= 4 is 12.7 Å². The minimum absolute atomic E-state index is 0.0595. The van der Waals surface area contributed by atoms with Crippen molar-refractivity contribution in [1.29, 1.82) is 0 Å². The first kappa shape index (κ1) is 15.3. The van der Waals surface area contributed by atoms with Crippen molar-refractivity contribution in [3.8, 4) is 0 Å². The molecule has 1 aromatic carbocycles. The van der Waals surface area contributed by atoms with Crippen molar-refractivity contribution in [2.24, 2.45) is 0 Å². The topological polar surface area (TPSA) is 37.3 Å². The second-order valence-electron chi connectivity index (χ2n) is 4.21. The summed E-state index contributed by atoms with van der Waals surface area (Å²) < 4.78 is 48.7. The van der Waals surface area contributed by atoms with Crippen LogP contribution in [0.3, 0.4) is 0 Å². The quantitative estimate of drug-likeness (QED) is 0.838. The van der Waals surface area contributed by atoms with Gasteiger partial charge in [0.2, 0.25) is 7.37 Å². The molecule has 2 nitrogen and oxygen atoms in total. The average Bonchev–Trinajstić information content (AvgIpc) is 2.23. The maximum Gasteiger partial charge on any atom is 0.398 e. The van der Waals surface area contributed by atoms with Crippen molar-refractivity contribution in [3.05, 3.63) is 29.8 Å². The smallest absolute Gasteiger partial charge is 0.341 e. The van der Waals surface area contributed by atoms with Gasteiger partial charge in [-0.25, -0.2) is 0 Å².